The van der Waals surface area contributed by atoms with Crippen molar-refractivity contribution in [3.05, 3.63) is 27.8 Å². The molecule has 2 heterocycles. The Bertz CT molecular complexity index is 631. The molecule has 1 aromatic rings. The summed E-state index contributed by atoms with van der Waals surface area (Å²) in [4.78, 5) is 26.2. The summed E-state index contributed by atoms with van der Waals surface area (Å²) in [5.41, 5.74) is -0.452. The number of hydrogen-bond donors (Lipinski definition) is 1. The van der Waals surface area contributed by atoms with Crippen molar-refractivity contribution in [2.75, 3.05) is 20.2 Å². The minimum Gasteiger partial charge on any atom is -0.502 e. The SMILES string of the molecule is COC(=O)C[C@@H](CC(C)C)c1oc(CN2CCCCC2)cc(=O)c1O. The summed E-state index contributed by atoms with van der Waals surface area (Å²) < 4.78 is 10.7. The van der Waals surface area contributed by atoms with Gasteiger partial charge in [-0.3, -0.25) is 14.5 Å². The highest BCUT2D eigenvalue weighted by molar-refractivity contribution is 5.70. The van der Waals surface area contributed by atoms with Gasteiger partial charge < -0.3 is 14.3 Å². The van der Waals surface area contributed by atoms with Crippen LogP contribution in [-0.2, 0) is 16.1 Å². The second-order valence-corrected chi connectivity index (χ2v) is 7.23. The van der Waals surface area contributed by atoms with Crippen molar-refractivity contribution in [1.82, 2.24) is 4.90 Å². The third kappa shape index (κ3) is 5.59. The lowest BCUT2D eigenvalue weighted by molar-refractivity contribution is -0.141. The van der Waals surface area contributed by atoms with E-state index in [9.17, 15) is 14.7 Å². The van der Waals surface area contributed by atoms with Crippen LogP contribution in [0.15, 0.2) is 15.3 Å². The molecule has 0 radical (unpaired) electrons. The molecule has 1 atom stereocenters. The zero-order valence-corrected chi connectivity index (χ0v) is 15.4. The summed E-state index contributed by atoms with van der Waals surface area (Å²) in [7, 11) is 1.33. The second-order valence-electron chi connectivity index (χ2n) is 7.23. The lowest BCUT2D eigenvalue weighted by Crippen LogP contribution is -2.29. The lowest BCUT2D eigenvalue weighted by atomic mass is 9.91. The Hall–Kier alpha value is -1.82. The van der Waals surface area contributed by atoms with E-state index in [1.165, 1.54) is 19.6 Å². The van der Waals surface area contributed by atoms with E-state index in [-0.39, 0.29) is 30.0 Å². The Morgan fingerprint density at radius 1 is 1.32 bits per heavy atom. The highest BCUT2D eigenvalue weighted by Crippen LogP contribution is 2.32. The van der Waals surface area contributed by atoms with Crippen molar-refractivity contribution in [3.63, 3.8) is 0 Å². The number of piperidine rings is 1. The van der Waals surface area contributed by atoms with Gasteiger partial charge >= 0.3 is 5.97 Å². The molecule has 1 saturated heterocycles. The highest BCUT2D eigenvalue weighted by Gasteiger charge is 2.26. The molecule has 2 rings (SSSR count). The summed E-state index contributed by atoms with van der Waals surface area (Å²) >= 11 is 0. The second kappa shape index (κ2) is 9.04. The summed E-state index contributed by atoms with van der Waals surface area (Å²) in [5, 5.41) is 10.2. The molecule has 1 fully saturated rings. The molecule has 1 aliphatic rings. The van der Waals surface area contributed by atoms with Gasteiger partial charge in [0.1, 0.15) is 5.76 Å². The van der Waals surface area contributed by atoms with Gasteiger partial charge in [0.05, 0.1) is 20.1 Å². The molecule has 25 heavy (non-hydrogen) atoms. The topological polar surface area (TPSA) is 80.0 Å². The van der Waals surface area contributed by atoms with Crippen molar-refractivity contribution < 1.29 is 19.1 Å². The van der Waals surface area contributed by atoms with Gasteiger partial charge in [-0.05, 0) is 38.3 Å². The quantitative estimate of drug-likeness (QED) is 0.761. The molecule has 1 aromatic heterocycles. The molecule has 1 N–H and O–H groups in total. The number of nitrogens with zero attached hydrogens (tertiary/aromatic N) is 1. The molecule has 0 spiro atoms. The van der Waals surface area contributed by atoms with Gasteiger partial charge in [0.2, 0.25) is 11.2 Å². The van der Waals surface area contributed by atoms with E-state index in [1.54, 1.807) is 0 Å². The van der Waals surface area contributed by atoms with Crippen LogP contribution >= 0.6 is 0 Å². The Labute approximate surface area is 148 Å². The number of aromatic hydroxyl groups is 1. The minimum absolute atomic E-state index is 0.0817. The molecule has 0 aromatic carbocycles. The minimum atomic E-state index is -0.452. The Morgan fingerprint density at radius 2 is 2.00 bits per heavy atom. The van der Waals surface area contributed by atoms with Crippen LogP contribution in [0.4, 0.5) is 0 Å². The van der Waals surface area contributed by atoms with E-state index in [2.05, 4.69) is 4.90 Å². The standard InChI is InChI=1S/C19H29NO5/c1-13(2)9-14(10-17(22)24-3)19-18(23)16(21)11-15(25-19)12-20-7-5-4-6-8-20/h11,13-14,23H,4-10,12H2,1-3H3/t14-/m1/s1. The van der Waals surface area contributed by atoms with Crippen LogP contribution in [0.2, 0.25) is 0 Å². The highest BCUT2D eigenvalue weighted by atomic mass is 16.5. The first kappa shape index (κ1) is 19.5. The number of methoxy groups -OCH3 is 1. The van der Waals surface area contributed by atoms with Crippen molar-refractivity contribution in [2.45, 2.75) is 58.4 Å². The molecular weight excluding hydrogens is 322 g/mol. The average molecular weight is 351 g/mol. The summed E-state index contributed by atoms with van der Waals surface area (Å²) in [6, 6.07) is 1.36. The maximum atomic E-state index is 12.2. The molecule has 0 amide bonds. The zero-order valence-electron chi connectivity index (χ0n) is 15.4. The summed E-state index contributed by atoms with van der Waals surface area (Å²) in [5.74, 6) is -0.116. The first-order chi connectivity index (χ1) is 11.9. The molecule has 0 aliphatic carbocycles. The van der Waals surface area contributed by atoms with Crippen LogP contribution < -0.4 is 5.43 Å². The Balaban J connectivity index is 2.28. The maximum Gasteiger partial charge on any atom is 0.306 e. The number of carbonyl (C=O) groups is 1. The first-order valence-corrected chi connectivity index (χ1v) is 9.05. The van der Waals surface area contributed by atoms with E-state index < -0.39 is 11.2 Å². The van der Waals surface area contributed by atoms with Crippen LogP contribution in [-0.4, -0.2) is 36.2 Å². The van der Waals surface area contributed by atoms with Gasteiger partial charge in [0.15, 0.2) is 5.76 Å². The Morgan fingerprint density at radius 3 is 2.60 bits per heavy atom. The molecule has 6 nitrogen and oxygen atoms in total. The summed E-state index contributed by atoms with van der Waals surface area (Å²) in [6.45, 7) is 6.57. The third-order valence-corrected chi connectivity index (χ3v) is 4.60. The average Bonchev–Trinajstić information content (AvgIpc) is 2.57. The van der Waals surface area contributed by atoms with Gasteiger partial charge in [-0.15, -0.1) is 0 Å². The number of carbonyl (C=O) groups excluding carboxylic acids is 1. The molecule has 140 valence electrons. The van der Waals surface area contributed by atoms with E-state index in [0.29, 0.717) is 18.7 Å². The van der Waals surface area contributed by atoms with E-state index in [1.807, 2.05) is 13.8 Å². The third-order valence-electron chi connectivity index (χ3n) is 4.60. The van der Waals surface area contributed by atoms with E-state index >= 15 is 0 Å². The molecule has 0 saturated carbocycles. The van der Waals surface area contributed by atoms with Crippen LogP contribution in [0.5, 0.6) is 5.75 Å². The molecule has 0 bridgehead atoms. The van der Waals surface area contributed by atoms with Crippen molar-refractivity contribution in [2.24, 2.45) is 5.92 Å². The predicted octanol–water partition coefficient (Wildman–Crippen LogP) is 3.02. The molecule has 0 unspecified atom stereocenters. The Kier molecular flexibility index (Phi) is 7.05. The zero-order chi connectivity index (χ0) is 18.4. The molecule has 6 heteroatoms. The summed E-state index contributed by atoms with van der Waals surface area (Å²) in [6.07, 6.45) is 4.23. The fourth-order valence-electron chi connectivity index (χ4n) is 3.38. The number of esters is 1. The van der Waals surface area contributed by atoms with E-state index in [4.69, 9.17) is 9.15 Å². The smallest absolute Gasteiger partial charge is 0.306 e. The molecular formula is C19H29NO5. The van der Waals surface area contributed by atoms with Gasteiger partial charge in [-0.25, -0.2) is 0 Å². The van der Waals surface area contributed by atoms with Gasteiger partial charge in [-0.1, -0.05) is 20.3 Å². The van der Waals surface area contributed by atoms with Crippen molar-refractivity contribution in [1.29, 1.82) is 0 Å². The van der Waals surface area contributed by atoms with Crippen LogP contribution in [0.25, 0.3) is 0 Å². The van der Waals surface area contributed by atoms with Crippen molar-refractivity contribution in [3.8, 4) is 5.75 Å². The van der Waals surface area contributed by atoms with Gasteiger partial charge in [-0.2, -0.15) is 0 Å². The fourth-order valence-corrected chi connectivity index (χ4v) is 3.38. The number of likely N-dealkylation sites (tertiary alicyclic amines) is 1. The van der Waals surface area contributed by atoms with Crippen LogP contribution in [0.3, 0.4) is 0 Å². The lowest BCUT2D eigenvalue weighted by Gasteiger charge is -2.26. The fraction of sp³-hybridized carbons (Fsp3) is 0.684. The predicted molar refractivity (Wildman–Crippen MR) is 94.6 cm³/mol. The van der Waals surface area contributed by atoms with Gasteiger partial charge in [0, 0.05) is 12.0 Å². The number of ether oxygens (including phenoxy) is 1. The first-order valence-electron chi connectivity index (χ1n) is 9.05. The van der Waals surface area contributed by atoms with E-state index in [0.717, 1.165) is 25.9 Å². The monoisotopic (exact) mass is 351 g/mol. The maximum absolute atomic E-state index is 12.2. The largest absolute Gasteiger partial charge is 0.502 e. The molecule has 1 aliphatic heterocycles. The van der Waals surface area contributed by atoms with Gasteiger partial charge in [0.25, 0.3) is 0 Å². The normalized spacial score (nSPS) is 16.8. The van der Waals surface area contributed by atoms with Crippen molar-refractivity contribution >= 4 is 5.97 Å². The van der Waals surface area contributed by atoms with Crippen LogP contribution in [0.1, 0.15) is 63.4 Å². The van der Waals surface area contributed by atoms with Crippen LogP contribution in [0, 0.1) is 5.92 Å². The number of hydrogen-bond acceptors (Lipinski definition) is 6. The number of rotatable bonds is 7.